The number of carbonyl (C=O) groups excluding carboxylic acids is 12. The lowest BCUT2D eigenvalue weighted by molar-refractivity contribution is -0.147. The molecule has 93 heavy (non-hydrogen) atoms. The van der Waals surface area contributed by atoms with Gasteiger partial charge in [0.2, 0.25) is 59.1 Å². The van der Waals surface area contributed by atoms with Gasteiger partial charge in [-0.3, -0.25) is 57.5 Å². The van der Waals surface area contributed by atoms with E-state index in [2.05, 4.69) is 42.5 Å². The van der Waals surface area contributed by atoms with Crippen LogP contribution in [0.5, 0.6) is 5.75 Å². The zero-order valence-corrected chi connectivity index (χ0v) is 54.0. The quantitative estimate of drug-likeness (QED) is 0.0617. The molecule has 4 fully saturated rings. The molecule has 16 N–H and O–H groups in total. The molecule has 31 heteroatoms. The molecule has 0 bridgehead atoms. The summed E-state index contributed by atoms with van der Waals surface area (Å²) < 4.78 is 5.28. The van der Waals surface area contributed by atoms with Gasteiger partial charge in [0.25, 0.3) is 11.8 Å². The third-order valence-corrected chi connectivity index (χ3v) is 17.4. The first-order valence-electron chi connectivity index (χ1n) is 31.9. The van der Waals surface area contributed by atoms with Gasteiger partial charge >= 0.3 is 0 Å². The molecule has 31 nitrogen and oxygen atoms in total. The second kappa shape index (κ2) is 36.0. The molecular formula is C62H96N12O19. The summed E-state index contributed by atoms with van der Waals surface area (Å²) >= 11 is 0. The summed E-state index contributed by atoms with van der Waals surface area (Å²) in [4.78, 5) is 173. The fourth-order valence-electron chi connectivity index (χ4n) is 11.8. The number of ether oxygens (including phenoxy) is 1. The van der Waals surface area contributed by atoms with E-state index in [1.165, 1.54) is 23.8 Å². The van der Waals surface area contributed by atoms with Crippen molar-refractivity contribution in [3.8, 4) is 5.75 Å². The van der Waals surface area contributed by atoms with Crippen molar-refractivity contribution >= 4 is 70.9 Å². The number of aliphatic hydroxyl groups is 6. The topological polar surface area (TPSA) is 467 Å². The van der Waals surface area contributed by atoms with Gasteiger partial charge in [-0.2, -0.15) is 0 Å². The first-order valence-corrected chi connectivity index (χ1v) is 31.9. The molecule has 518 valence electrons. The Morgan fingerprint density at radius 2 is 1.22 bits per heavy atom. The number of nitrogens with zero attached hydrogens (tertiary/aromatic N) is 3. The molecule has 0 aliphatic carbocycles. The number of amides is 12. The highest BCUT2D eigenvalue weighted by Gasteiger charge is 2.45. The van der Waals surface area contributed by atoms with Crippen molar-refractivity contribution in [1.82, 2.24) is 57.2 Å². The monoisotopic (exact) mass is 1310 g/mol. The van der Waals surface area contributed by atoms with Crippen molar-refractivity contribution in [2.24, 2.45) is 17.6 Å². The van der Waals surface area contributed by atoms with Gasteiger partial charge in [-0.15, -0.1) is 0 Å². The Morgan fingerprint density at radius 1 is 0.656 bits per heavy atom. The van der Waals surface area contributed by atoms with Crippen LogP contribution in [0.15, 0.2) is 36.0 Å². The summed E-state index contributed by atoms with van der Waals surface area (Å²) in [6.07, 6.45) is -7.95. The predicted octanol–water partition coefficient (Wildman–Crippen LogP) is -4.39. The van der Waals surface area contributed by atoms with Crippen LogP contribution in [0.1, 0.15) is 131 Å². The van der Waals surface area contributed by atoms with Gasteiger partial charge in [0.15, 0.2) is 6.10 Å². The van der Waals surface area contributed by atoms with Gasteiger partial charge in [-0.1, -0.05) is 52.3 Å². The Hall–Kier alpha value is -7.84. The van der Waals surface area contributed by atoms with Gasteiger partial charge in [-0.25, -0.2) is 0 Å². The lowest BCUT2D eigenvalue weighted by Gasteiger charge is -2.33. The van der Waals surface area contributed by atoms with Crippen molar-refractivity contribution in [2.75, 3.05) is 39.9 Å². The Morgan fingerprint density at radius 3 is 1.78 bits per heavy atom. The molecular weight excluding hydrogens is 1220 g/mol. The first kappa shape index (κ1) is 75.9. The summed E-state index contributed by atoms with van der Waals surface area (Å²) in [6.45, 7) is 7.76. The summed E-state index contributed by atoms with van der Waals surface area (Å²) in [6, 6.07) is -6.79. The second-order valence-corrected chi connectivity index (χ2v) is 24.8. The third kappa shape index (κ3) is 21.3. The molecule has 4 aliphatic heterocycles. The molecule has 1 aromatic rings. The van der Waals surface area contributed by atoms with Crippen molar-refractivity contribution < 1.29 is 92.9 Å². The maximum absolute atomic E-state index is 15.0. The summed E-state index contributed by atoms with van der Waals surface area (Å²) in [5.74, 6) is -11.6. The fraction of sp³-hybridized carbons (Fsp3) is 0.677. The van der Waals surface area contributed by atoms with E-state index >= 15 is 0 Å². The van der Waals surface area contributed by atoms with E-state index in [4.69, 9.17) is 10.5 Å². The molecule has 12 amide bonds. The van der Waals surface area contributed by atoms with Gasteiger partial charge in [0.05, 0.1) is 50.7 Å². The van der Waals surface area contributed by atoms with Gasteiger partial charge in [-0.05, 0) is 114 Å². The number of allylic oxidation sites excluding steroid dienone is 1. The van der Waals surface area contributed by atoms with Crippen molar-refractivity contribution in [1.29, 1.82) is 0 Å². The molecule has 0 spiro atoms. The number of aryl methyl sites for hydroxylation is 1. The molecule has 0 saturated carbocycles. The second-order valence-electron chi connectivity index (χ2n) is 24.8. The van der Waals surface area contributed by atoms with Crippen LogP contribution >= 0.6 is 0 Å². The molecule has 0 aromatic heterocycles. The highest BCUT2D eigenvalue weighted by Crippen LogP contribution is 2.27. The van der Waals surface area contributed by atoms with E-state index in [1.807, 2.05) is 0 Å². The number of rotatable bonds is 18. The van der Waals surface area contributed by atoms with Gasteiger partial charge in [0, 0.05) is 32.5 Å². The van der Waals surface area contributed by atoms with Crippen LogP contribution in [0, 0.1) is 11.8 Å². The molecule has 15 atom stereocenters. The summed E-state index contributed by atoms with van der Waals surface area (Å²) in [5.41, 5.74) is 5.61. The SMILES string of the molecule is C/C=C1/NC(=O)[C@H](CO)NC(=O)[C@@H]([C@@H](C)CC)NC(=O)[C@@H]2CCCN2C(=O)[C@@H]2CCCN2C(=O)CNC(=O)[C@@H](CCC(N)=O)NC(=O)C(O)C(CC(O)CC(O)C(O)CC(C)C)NC(=O)[C@@H]2CCCN2C(=O)[C@@H](CCc2ccc(OC)cc2)NC(=O)[C@H]([C@@H](C)O)NC1=O. The van der Waals surface area contributed by atoms with E-state index in [-0.39, 0.29) is 70.5 Å². The van der Waals surface area contributed by atoms with E-state index < -0.39 is 206 Å². The maximum atomic E-state index is 15.0. The van der Waals surface area contributed by atoms with Crippen LogP contribution in [-0.4, -0.2) is 241 Å². The lowest BCUT2D eigenvalue weighted by Crippen LogP contribution is -2.61. The standard InChI is InChI=1S/C62H96N12O19/c1-8-33(5)50-58(88)69-42(31-75)55(85)65-38(9-2)54(84)71-51(34(6)76)59(89)67-40(21-18-35-16-19-37(93-7)20-17-35)61(91)73-25-10-13-43(73)56(86)68-41(28-36(77)29-47(79)46(78)27-32(3)4)52(82)60(90)66-39(22-23-48(63)80)53(83)64-30-49(81)72-24-12-15-45(72)62(92)74-26-11-14-44(74)57(87)70-50/h9,16-17,19-20,32-34,36,39-47,50-52,75-79,82H,8,10-15,18,21-31H2,1-7H3,(H2,63,80)(H,64,83)(H,65,85)(H,66,90)(H,67,89)(H,68,86)(H,69,88)(H,70,87)(H,71,84)/b38-9+/t33-,34+,36?,39+,40+,41?,42-,43-,44-,45-,46?,47?,50+,51-,52?/m0/s1. The molecule has 4 heterocycles. The highest BCUT2D eigenvalue weighted by molar-refractivity contribution is 6.03. The Kier molecular flexibility index (Phi) is 29.4. The van der Waals surface area contributed by atoms with Crippen LogP contribution in [0.2, 0.25) is 0 Å². The molecule has 5 unspecified atom stereocenters. The largest absolute Gasteiger partial charge is 0.497 e. The van der Waals surface area contributed by atoms with Crippen LogP contribution in [-0.2, 0) is 64.0 Å². The van der Waals surface area contributed by atoms with Gasteiger partial charge < -0.3 is 98.3 Å². The van der Waals surface area contributed by atoms with Gasteiger partial charge in [0.1, 0.15) is 59.8 Å². The lowest BCUT2D eigenvalue weighted by atomic mass is 9.94. The minimum Gasteiger partial charge on any atom is -0.497 e. The number of aliphatic hydroxyl groups excluding tert-OH is 6. The number of fused-ring (bicyclic) bond motifs is 3. The van der Waals surface area contributed by atoms with E-state index in [9.17, 15) is 88.2 Å². The number of methoxy groups -OCH3 is 1. The van der Waals surface area contributed by atoms with E-state index in [0.29, 0.717) is 30.6 Å². The van der Waals surface area contributed by atoms with Crippen LogP contribution in [0.25, 0.3) is 0 Å². The number of nitrogens with two attached hydrogens (primary N) is 1. The Balaban J connectivity index is 1.55. The molecule has 4 aliphatic rings. The summed E-state index contributed by atoms with van der Waals surface area (Å²) in [5, 5.41) is 86.1. The zero-order chi connectivity index (χ0) is 69.0. The third-order valence-electron chi connectivity index (χ3n) is 17.4. The number of nitrogens with one attached hydrogen (secondary N) is 8. The number of hydrogen-bond donors (Lipinski definition) is 15. The summed E-state index contributed by atoms with van der Waals surface area (Å²) in [7, 11) is 1.47. The minimum atomic E-state index is -2.34. The first-order chi connectivity index (χ1) is 44.0. The van der Waals surface area contributed by atoms with Crippen LogP contribution < -0.4 is 53.0 Å². The zero-order valence-electron chi connectivity index (χ0n) is 54.0. The molecule has 0 radical (unpaired) electrons. The Labute approximate surface area is 540 Å². The average Bonchev–Trinajstić information content (AvgIpc) is 1.73. The number of primary amides is 1. The number of benzene rings is 1. The normalized spacial score (nSPS) is 28.0. The van der Waals surface area contributed by atoms with Crippen molar-refractivity contribution in [3.05, 3.63) is 41.6 Å². The smallest absolute Gasteiger partial charge is 0.268 e. The van der Waals surface area contributed by atoms with Crippen molar-refractivity contribution in [2.45, 2.75) is 216 Å². The number of hydrogen-bond acceptors (Lipinski definition) is 19. The minimum absolute atomic E-state index is 0.0202. The van der Waals surface area contributed by atoms with E-state index in [0.717, 1.165) is 17.9 Å². The fourth-order valence-corrected chi connectivity index (χ4v) is 11.8. The predicted molar refractivity (Wildman–Crippen MR) is 331 cm³/mol. The van der Waals surface area contributed by atoms with Crippen molar-refractivity contribution in [3.63, 3.8) is 0 Å². The number of carbonyl (C=O) groups is 12. The molecule has 4 saturated heterocycles. The Bertz CT molecular complexity index is 2840. The molecule has 5 rings (SSSR count). The van der Waals surface area contributed by atoms with Crippen LogP contribution in [0.4, 0.5) is 0 Å². The average molecular weight is 1310 g/mol. The molecule has 1 aromatic carbocycles. The highest BCUT2D eigenvalue weighted by atomic mass is 16.5. The maximum Gasteiger partial charge on any atom is 0.268 e. The van der Waals surface area contributed by atoms with Crippen LogP contribution in [0.3, 0.4) is 0 Å². The van der Waals surface area contributed by atoms with E-state index in [1.54, 1.807) is 52.0 Å².